The molecule has 0 atom stereocenters. The molecule has 0 aliphatic heterocycles. The van der Waals surface area contributed by atoms with Gasteiger partial charge in [-0.15, -0.1) is 5.10 Å². The number of hydrogen-bond donors (Lipinski definition) is 2. The molecule has 0 unspecified atom stereocenters. The minimum atomic E-state index is -4.60. The van der Waals surface area contributed by atoms with Crippen molar-refractivity contribution in [2.45, 2.75) is 25.9 Å². The number of aryl methyl sites for hydroxylation is 2. The Morgan fingerprint density at radius 3 is 2.83 bits per heavy atom. The molecule has 0 radical (unpaired) electrons. The minimum Gasteiger partial charge on any atom is -0.370 e. The van der Waals surface area contributed by atoms with E-state index in [0.29, 0.717) is 18.1 Å². The van der Waals surface area contributed by atoms with Crippen molar-refractivity contribution in [3.05, 3.63) is 35.5 Å². The lowest BCUT2D eigenvalue weighted by molar-refractivity contribution is -0.144. The first-order chi connectivity index (χ1) is 10.9. The van der Waals surface area contributed by atoms with E-state index < -0.39 is 12.0 Å². The number of rotatable bonds is 5. The summed E-state index contributed by atoms with van der Waals surface area (Å²) in [6, 6.07) is 3.51. The summed E-state index contributed by atoms with van der Waals surface area (Å²) in [5, 5.41) is 13.3. The number of nitrogens with one attached hydrogen (secondary N) is 2. The van der Waals surface area contributed by atoms with Crippen LogP contribution in [0, 0.1) is 6.92 Å². The maximum atomic E-state index is 12.7. The maximum Gasteiger partial charge on any atom is 0.453 e. The Hall–Kier alpha value is -2.65. The van der Waals surface area contributed by atoms with Crippen molar-refractivity contribution < 1.29 is 13.2 Å². The minimum absolute atomic E-state index is 0.0756. The number of H-pyrrole nitrogens is 1. The zero-order valence-corrected chi connectivity index (χ0v) is 12.2. The molecule has 3 rings (SSSR count). The second-order valence-electron chi connectivity index (χ2n) is 5.04. The molecule has 0 fully saturated rings. The van der Waals surface area contributed by atoms with Gasteiger partial charge in [-0.25, -0.2) is 4.98 Å². The highest BCUT2D eigenvalue weighted by Crippen LogP contribution is 2.27. The van der Waals surface area contributed by atoms with Crippen LogP contribution >= 0.6 is 0 Å². The summed E-state index contributed by atoms with van der Waals surface area (Å²) in [6.45, 7) is 2.26. The van der Waals surface area contributed by atoms with Gasteiger partial charge in [0.15, 0.2) is 0 Å². The Bertz CT molecular complexity index is 792. The van der Waals surface area contributed by atoms with Crippen LogP contribution < -0.4 is 5.32 Å². The number of halogens is 3. The van der Waals surface area contributed by atoms with Gasteiger partial charge in [-0.1, -0.05) is 0 Å². The molecule has 2 N–H and O–H groups in total. The molecule has 3 aromatic heterocycles. The van der Waals surface area contributed by atoms with Crippen molar-refractivity contribution in [1.29, 1.82) is 0 Å². The molecule has 0 saturated heterocycles. The first-order valence-corrected chi connectivity index (χ1v) is 6.97. The zero-order valence-electron chi connectivity index (χ0n) is 12.2. The van der Waals surface area contributed by atoms with Crippen LogP contribution in [-0.2, 0) is 12.6 Å². The predicted octanol–water partition coefficient (Wildman–Crippen LogP) is 2.22. The molecule has 23 heavy (non-hydrogen) atoms. The Morgan fingerprint density at radius 2 is 2.13 bits per heavy atom. The van der Waals surface area contributed by atoms with Crippen LogP contribution in [0.25, 0.3) is 5.78 Å². The molecule has 0 aliphatic rings. The van der Waals surface area contributed by atoms with Crippen LogP contribution in [0.15, 0.2) is 18.3 Å². The lowest BCUT2D eigenvalue weighted by Gasteiger charge is -2.08. The summed E-state index contributed by atoms with van der Waals surface area (Å²) >= 11 is 0. The summed E-state index contributed by atoms with van der Waals surface area (Å²) in [4.78, 5) is 7.41. The molecule has 0 spiro atoms. The third kappa shape index (κ3) is 3.41. The van der Waals surface area contributed by atoms with Crippen molar-refractivity contribution in [1.82, 2.24) is 29.8 Å². The van der Waals surface area contributed by atoms with E-state index in [1.807, 2.05) is 6.07 Å². The second kappa shape index (κ2) is 5.86. The van der Waals surface area contributed by atoms with E-state index in [-0.39, 0.29) is 5.78 Å². The molecule has 0 saturated carbocycles. The van der Waals surface area contributed by atoms with Crippen LogP contribution in [0.3, 0.4) is 0 Å². The van der Waals surface area contributed by atoms with Crippen LogP contribution in [0.2, 0.25) is 0 Å². The summed E-state index contributed by atoms with van der Waals surface area (Å²) in [7, 11) is 0. The van der Waals surface area contributed by atoms with E-state index in [9.17, 15) is 13.2 Å². The largest absolute Gasteiger partial charge is 0.453 e. The Morgan fingerprint density at radius 1 is 1.30 bits per heavy atom. The van der Waals surface area contributed by atoms with Crippen LogP contribution in [0.4, 0.5) is 19.0 Å². The topological polar surface area (TPSA) is 83.8 Å². The molecular formula is C13H14F3N7. The van der Waals surface area contributed by atoms with Crippen molar-refractivity contribution in [3.8, 4) is 0 Å². The van der Waals surface area contributed by atoms with Crippen LogP contribution in [0.1, 0.15) is 23.6 Å². The number of aromatic amines is 1. The lowest BCUT2D eigenvalue weighted by atomic mass is 10.2. The number of fused-ring (bicyclic) bond motifs is 1. The molecule has 0 amide bonds. The molecule has 0 aromatic carbocycles. The van der Waals surface area contributed by atoms with Gasteiger partial charge in [-0.3, -0.25) is 5.10 Å². The number of alkyl halides is 3. The third-order valence-electron chi connectivity index (χ3n) is 3.18. The highest BCUT2D eigenvalue weighted by molar-refractivity contribution is 5.45. The fourth-order valence-electron chi connectivity index (χ4n) is 2.15. The maximum absolute atomic E-state index is 12.7. The number of nitrogens with zero attached hydrogens (tertiary/aromatic N) is 5. The highest BCUT2D eigenvalue weighted by atomic mass is 19.4. The highest BCUT2D eigenvalue weighted by Gasteiger charge is 2.36. The van der Waals surface area contributed by atoms with Crippen LogP contribution in [-0.4, -0.2) is 36.3 Å². The summed E-state index contributed by atoms with van der Waals surface area (Å²) < 4.78 is 39.3. The summed E-state index contributed by atoms with van der Waals surface area (Å²) in [6.07, 6.45) is -1.36. The average Bonchev–Trinajstić information content (AvgIpc) is 3.11. The normalized spacial score (nSPS) is 12.0. The van der Waals surface area contributed by atoms with Gasteiger partial charge in [0.2, 0.25) is 0 Å². The molecule has 3 heterocycles. The third-order valence-corrected chi connectivity index (χ3v) is 3.18. The molecular weight excluding hydrogens is 311 g/mol. The molecule has 10 heteroatoms. The summed E-state index contributed by atoms with van der Waals surface area (Å²) in [5.41, 5.74) is 1.57. The number of hydrogen-bond acceptors (Lipinski definition) is 5. The SMILES string of the molecule is Cc1cc(NCCCc2ccn[nH]2)n2nc(C(F)(F)F)nc2n1. The van der Waals surface area contributed by atoms with Gasteiger partial charge in [0, 0.05) is 30.2 Å². The Balaban J connectivity index is 1.75. The van der Waals surface area contributed by atoms with Crippen molar-refractivity contribution in [2.75, 3.05) is 11.9 Å². The van der Waals surface area contributed by atoms with Crippen molar-refractivity contribution in [3.63, 3.8) is 0 Å². The first kappa shape index (κ1) is 15.3. The lowest BCUT2D eigenvalue weighted by Crippen LogP contribution is -2.10. The Labute approximate surface area is 129 Å². The van der Waals surface area contributed by atoms with E-state index in [2.05, 4.69) is 30.6 Å². The fraction of sp³-hybridized carbons (Fsp3) is 0.385. The quantitative estimate of drug-likeness (QED) is 0.703. The van der Waals surface area contributed by atoms with Gasteiger partial charge in [-0.05, 0) is 25.8 Å². The molecule has 0 aliphatic carbocycles. The van der Waals surface area contributed by atoms with Gasteiger partial charge in [0.05, 0.1) is 0 Å². The zero-order chi connectivity index (χ0) is 16.4. The first-order valence-electron chi connectivity index (χ1n) is 6.97. The van der Waals surface area contributed by atoms with Gasteiger partial charge in [0.1, 0.15) is 5.82 Å². The molecule has 0 bridgehead atoms. The number of aromatic nitrogens is 6. The van der Waals surface area contributed by atoms with E-state index in [4.69, 9.17) is 0 Å². The van der Waals surface area contributed by atoms with Gasteiger partial charge in [0.25, 0.3) is 11.6 Å². The summed E-state index contributed by atoms with van der Waals surface area (Å²) in [5.74, 6) is -0.843. The van der Waals surface area contributed by atoms with Crippen molar-refractivity contribution >= 4 is 11.6 Å². The number of anilines is 1. The van der Waals surface area contributed by atoms with Crippen LogP contribution in [0.5, 0.6) is 0 Å². The molecule has 3 aromatic rings. The smallest absolute Gasteiger partial charge is 0.370 e. The van der Waals surface area contributed by atoms with Gasteiger partial charge in [-0.2, -0.15) is 27.8 Å². The molecule has 7 nitrogen and oxygen atoms in total. The fourth-order valence-corrected chi connectivity index (χ4v) is 2.15. The molecule has 122 valence electrons. The van der Waals surface area contributed by atoms with Gasteiger partial charge >= 0.3 is 6.18 Å². The van der Waals surface area contributed by atoms with E-state index in [1.54, 1.807) is 19.2 Å². The average molecular weight is 325 g/mol. The van der Waals surface area contributed by atoms with E-state index in [0.717, 1.165) is 23.1 Å². The van der Waals surface area contributed by atoms with Gasteiger partial charge < -0.3 is 5.32 Å². The van der Waals surface area contributed by atoms with Crippen molar-refractivity contribution in [2.24, 2.45) is 0 Å². The van der Waals surface area contributed by atoms with E-state index >= 15 is 0 Å². The Kier molecular flexibility index (Phi) is 3.89. The monoisotopic (exact) mass is 325 g/mol. The standard InChI is InChI=1S/C13H14F3N7/c1-8-7-10(17-5-2-3-9-4-6-18-21-9)23-12(19-8)20-11(22-23)13(14,15)16/h4,6-7,17H,2-3,5H2,1H3,(H,18,21). The second-order valence-corrected chi connectivity index (χ2v) is 5.04. The van der Waals surface area contributed by atoms with E-state index in [1.165, 1.54) is 0 Å². The predicted molar refractivity (Wildman–Crippen MR) is 75.9 cm³/mol.